The first-order valence-corrected chi connectivity index (χ1v) is 9.32. The fourth-order valence-corrected chi connectivity index (χ4v) is 2.25. The average Bonchev–Trinajstić information content (AvgIpc) is 2.71. The second-order valence-corrected chi connectivity index (χ2v) is 6.56. The molecule has 0 heterocycles. The van der Waals surface area contributed by atoms with Crippen molar-refractivity contribution in [3.8, 4) is 0 Å². The zero-order valence-electron chi connectivity index (χ0n) is 16.3. The van der Waals surface area contributed by atoms with Gasteiger partial charge in [0.05, 0.1) is 0 Å². The second kappa shape index (κ2) is 13.7. The van der Waals surface area contributed by atoms with Gasteiger partial charge in [-0.1, -0.05) is 60.7 Å². The maximum Gasteiger partial charge on any atom is 0.408 e. The van der Waals surface area contributed by atoms with E-state index >= 15 is 0 Å². The lowest BCUT2D eigenvalue weighted by molar-refractivity contribution is -0.138. The van der Waals surface area contributed by atoms with Crippen LogP contribution < -0.4 is 10.6 Å². The summed E-state index contributed by atoms with van der Waals surface area (Å²) in [5, 5.41) is 13.1. The van der Waals surface area contributed by atoms with Gasteiger partial charge in [0.1, 0.15) is 19.2 Å². The van der Waals surface area contributed by atoms with E-state index in [4.69, 9.17) is 9.84 Å². The zero-order chi connectivity index (χ0) is 22.4. The van der Waals surface area contributed by atoms with Gasteiger partial charge >= 0.3 is 12.1 Å². The van der Waals surface area contributed by atoms with Crippen LogP contribution in [0.1, 0.15) is 18.1 Å². The Morgan fingerprint density at radius 3 is 1.97 bits per heavy atom. The molecule has 2 aromatic rings. The number of alkyl carbamates (subject to hydrolysis) is 1. The number of benzene rings is 2. The van der Waals surface area contributed by atoms with Crippen LogP contribution in [-0.4, -0.2) is 40.9 Å². The summed E-state index contributed by atoms with van der Waals surface area (Å²) in [7, 11) is 0. The second-order valence-electron chi connectivity index (χ2n) is 6.03. The Balaban J connectivity index is 0.00000103. The van der Waals surface area contributed by atoms with Crippen molar-refractivity contribution in [2.24, 2.45) is 0 Å². The van der Waals surface area contributed by atoms with Crippen LogP contribution in [0.2, 0.25) is 0 Å². The van der Waals surface area contributed by atoms with Crippen LogP contribution in [-0.2, 0) is 32.1 Å². The van der Waals surface area contributed by atoms with Gasteiger partial charge in [-0.25, -0.2) is 4.79 Å². The molecule has 2 rings (SSSR count). The van der Waals surface area contributed by atoms with Gasteiger partial charge in [0, 0.05) is 13.3 Å². The molecule has 2 amide bonds. The molecule has 0 spiro atoms. The SMILES string of the molecule is CC(=O)Cl.O=C(O)CNC(=O)[C@H](Cc1ccccc1)NC(=O)OCc1ccccc1. The molecule has 2 aromatic carbocycles. The van der Waals surface area contributed by atoms with Crippen molar-refractivity contribution in [1.29, 1.82) is 0 Å². The fraction of sp³-hybridized carbons (Fsp3) is 0.238. The topological polar surface area (TPSA) is 122 Å². The maximum absolute atomic E-state index is 12.2. The summed E-state index contributed by atoms with van der Waals surface area (Å²) in [6.45, 7) is 0.841. The Labute approximate surface area is 179 Å². The summed E-state index contributed by atoms with van der Waals surface area (Å²) in [5.74, 6) is -1.75. The van der Waals surface area contributed by atoms with E-state index in [0.717, 1.165) is 11.1 Å². The third-order valence-corrected chi connectivity index (χ3v) is 3.52. The van der Waals surface area contributed by atoms with E-state index in [2.05, 4.69) is 22.2 Å². The first-order valence-electron chi connectivity index (χ1n) is 8.94. The van der Waals surface area contributed by atoms with Crippen LogP contribution in [0.15, 0.2) is 60.7 Å². The molecule has 0 aliphatic carbocycles. The smallest absolute Gasteiger partial charge is 0.408 e. The van der Waals surface area contributed by atoms with Gasteiger partial charge in [-0.2, -0.15) is 0 Å². The summed E-state index contributed by atoms with van der Waals surface area (Å²) in [5.41, 5.74) is 1.64. The monoisotopic (exact) mass is 434 g/mol. The molecule has 30 heavy (non-hydrogen) atoms. The maximum atomic E-state index is 12.2. The van der Waals surface area contributed by atoms with E-state index in [-0.39, 0.29) is 18.3 Å². The van der Waals surface area contributed by atoms with Gasteiger partial charge in [-0.05, 0) is 22.7 Å². The van der Waals surface area contributed by atoms with E-state index in [1.165, 1.54) is 6.92 Å². The molecule has 160 valence electrons. The minimum Gasteiger partial charge on any atom is -0.480 e. The molecular formula is C21H23ClN2O6. The Morgan fingerprint density at radius 1 is 0.967 bits per heavy atom. The summed E-state index contributed by atoms with van der Waals surface area (Å²) >= 11 is 4.64. The Bertz CT molecular complexity index is 826. The first kappa shape index (κ1) is 24.6. The van der Waals surface area contributed by atoms with Gasteiger partial charge in [-0.15, -0.1) is 0 Å². The molecule has 0 radical (unpaired) electrons. The molecule has 0 aromatic heterocycles. The molecule has 0 aliphatic rings. The van der Waals surface area contributed by atoms with Crippen molar-refractivity contribution < 1.29 is 29.0 Å². The minimum absolute atomic E-state index is 0.0709. The Morgan fingerprint density at radius 2 is 1.47 bits per heavy atom. The van der Waals surface area contributed by atoms with Gasteiger partial charge in [0.15, 0.2) is 0 Å². The lowest BCUT2D eigenvalue weighted by Crippen LogP contribution is -2.49. The number of rotatable bonds is 8. The standard InChI is InChI=1S/C19H20N2O5.C2H3ClO/c22-17(23)12-20-18(24)16(11-14-7-3-1-4-8-14)21-19(25)26-13-15-9-5-2-6-10-15;1-2(3)4/h1-10,16H,11-13H2,(H,20,24)(H,21,25)(H,22,23);1H3/t16-;/m0./s1. The third kappa shape index (κ3) is 11.5. The van der Waals surface area contributed by atoms with Gasteiger partial charge in [-0.3, -0.25) is 14.4 Å². The normalized spacial score (nSPS) is 10.6. The van der Waals surface area contributed by atoms with Crippen LogP contribution in [0.5, 0.6) is 0 Å². The zero-order valence-corrected chi connectivity index (χ0v) is 17.1. The minimum atomic E-state index is -1.16. The average molecular weight is 435 g/mol. The molecule has 0 unspecified atom stereocenters. The Kier molecular flexibility index (Phi) is 11.3. The number of amides is 2. The summed E-state index contributed by atoms with van der Waals surface area (Å²) in [4.78, 5) is 44.1. The van der Waals surface area contributed by atoms with Crippen molar-refractivity contribution in [3.05, 3.63) is 71.8 Å². The molecule has 0 saturated heterocycles. The molecule has 3 N–H and O–H groups in total. The predicted octanol–water partition coefficient (Wildman–Crippen LogP) is 2.50. The Hall–Kier alpha value is -3.39. The van der Waals surface area contributed by atoms with Crippen molar-refractivity contribution in [1.82, 2.24) is 10.6 Å². The van der Waals surface area contributed by atoms with E-state index in [9.17, 15) is 19.2 Å². The lowest BCUT2D eigenvalue weighted by Gasteiger charge is -2.18. The number of ether oxygens (including phenoxy) is 1. The number of carbonyl (C=O) groups excluding carboxylic acids is 3. The van der Waals surface area contributed by atoms with E-state index in [1.54, 1.807) is 0 Å². The van der Waals surface area contributed by atoms with Crippen LogP contribution in [0, 0.1) is 0 Å². The first-order chi connectivity index (χ1) is 14.3. The van der Waals surface area contributed by atoms with Crippen LogP contribution in [0.25, 0.3) is 0 Å². The van der Waals surface area contributed by atoms with Crippen molar-refractivity contribution in [3.63, 3.8) is 0 Å². The number of carboxylic acids is 1. The molecule has 9 heteroatoms. The van der Waals surface area contributed by atoms with Gasteiger partial charge in [0.25, 0.3) is 0 Å². The number of aliphatic carboxylic acids is 1. The van der Waals surface area contributed by atoms with Crippen LogP contribution in [0.3, 0.4) is 0 Å². The highest BCUT2D eigenvalue weighted by atomic mass is 35.5. The van der Waals surface area contributed by atoms with E-state index in [1.807, 2.05) is 60.7 Å². The quantitative estimate of drug-likeness (QED) is 0.549. The lowest BCUT2D eigenvalue weighted by atomic mass is 10.1. The molecule has 0 fully saturated rings. The van der Waals surface area contributed by atoms with Crippen molar-refractivity contribution >= 4 is 34.8 Å². The molecule has 0 saturated carbocycles. The van der Waals surface area contributed by atoms with Crippen molar-refractivity contribution in [2.75, 3.05) is 6.54 Å². The number of hydrogen-bond acceptors (Lipinski definition) is 5. The third-order valence-electron chi connectivity index (χ3n) is 3.52. The van der Waals surface area contributed by atoms with Crippen LogP contribution >= 0.6 is 11.6 Å². The van der Waals surface area contributed by atoms with Crippen molar-refractivity contribution in [2.45, 2.75) is 26.0 Å². The molecule has 0 bridgehead atoms. The molecule has 0 aliphatic heterocycles. The van der Waals surface area contributed by atoms with E-state index in [0.29, 0.717) is 0 Å². The highest BCUT2D eigenvalue weighted by molar-refractivity contribution is 6.62. The molecule has 8 nitrogen and oxygen atoms in total. The largest absolute Gasteiger partial charge is 0.480 e. The highest BCUT2D eigenvalue weighted by Gasteiger charge is 2.22. The highest BCUT2D eigenvalue weighted by Crippen LogP contribution is 2.05. The number of carbonyl (C=O) groups is 4. The number of hydrogen-bond donors (Lipinski definition) is 3. The van der Waals surface area contributed by atoms with Crippen LogP contribution in [0.4, 0.5) is 4.79 Å². The van der Waals surface area contributed by atoms with E-state index < -0.39 is 30.6 Å². The molecular weight excluding hydrogens is 412 g/mol. The molecule has 1 atom stereocenters. The number of carboxylic acid groups (broad SMARTS) is 1. The fourth-order valence-electron chi connectivity index (χ4n) is 2.25. The number of nitrogens with one attached hydrogen (secondary N) is 2. The van der Waals surface area contributed by atoms with Gasteiger partial charge in [0.2, 0.25) is 11.1 Å². The summed E-state index contributed by atoms with van der Waals surface area (Å²) in [6, 6.07) is 17.3. The summed E-state index contributed by atoms with van der Waals surface area (Å²) in [6.07, 6.45) is -0.535. The summed E-state index contributed by atoms with van der Waals surface area (Å²) < 4.78 is 5.13. The number of halogens is 1. The van der Waals surface area contributed by atoms with Gasteiger partial charge < -0.3 is 20.5 Å². The predicted molar refractivity (Wildman–Crippen MR) is 111 cm³/mol.